The van der Waals surface area contributed by atoms with Crippen molar-refractivity contribution < 1.29 is 27.8 Å². The third kappa shape index (κ3) is 5.63. The van der Waals surface area contributed by atoms with Crippen molar-refractivity contribution in [1.29, 1.82) is 0 Å². The summed E-state index contributed by atoms with van der Waals surface area (Å²) in [6, 6.07) is 13.3. The van der Waals surface area contributed by atoms with Gasteiger partial charge in [-0.05, 0) is 93.8 Å². The van der Waals surface area contributed by atoms with Crippen molar-refractivity contribution >= 4 is 27.6 Å². The van der Waals surface area contributed by atoms with Crippen molar-refractivity contribution in [3.8, 4) is 22.8 Å². The molecular formula is C35H37F2N3O4. The Hall–Kier alpha value is -4.40. The van der Waals surface area contributed by atoms with Crippen LogP contribution in [0, 0.1) is 18.6 Å². The van der Waals surface area contributed by atoms with E-state index in [0.29, 0.717) is 72.3 Å². The molecule has 3 aromatic carbocycles. The normalized spacial score (nSPS) is 13.0. The van der Waals surface area contributed by atoms with Crippen molar-refractivity contribution in [3.63, 3.8) is 0 Å². The summed E-state index contributed by atoms with van der Waals surface area (Å²) < 4.78 is 49.1. The standard InChI is InChI=1S/C35H37F2N3O4/c1-5-6-16-35(3,4)44-34(41)32-25(10-8-18-42-28-11-7-9-22-20-23(36)12-13-24(22)28)26-14-15-27(37)30(31(26)38-32)29-21(2)39-40-17-19-43-33(29)40/h7,9,11-15,20,38H,5-6,8,10,16-19H2,1-4H3. The highest BCUT2D eigenvalue weighted by atomic mass is 19.1. The van der Waals surface area contributed by atoms with Crippen molar-refractivity contribution in [1.82, 2.24) is 14.8 Å². The van der Waals surface area contributed by atoms with Gasteiger partial charge < -0.3 is 19.2 Å². The molecule has 6 rings (SSSR count). The number of H-pyrrole nitrogens is 1. The van der Waals surface area contributed by atoms with Gasteiger partial charge in [-0.3, -0.25) is 0 Å². The highest BCUT2D eigenvalue weighted by Gasteiger charge is 2.31. The summed E-state index contributed by atoms with van der Waals surface area (Å²) in [5.74, 6) is -0.0238. The summed E-state index contributed by atoms with van der Waals surface area (Å²) in [6.07, 6.45) is 3.70. The Balaban J connectivity index is 1.35. The van der Waals surface area contributed by atoms with Crippen LogP contribution in [0.15, 0.2) is 48.5 Å². The highest BCUT2D eigenvalue weighted by Crippen LogP contribution is 2.42. The number of hydrogen-bond donors (Lipinski definition) is 1. The Morgan fingerprint density at radius 3 is 2.73 bits per heavy atom. The van der Waals surface area contributed by atoms with E-state index in [1.807, 2.05) is 39.0 Å². The van der Waals surface area contributed by atoms with Crippen LogP contribution < -0.4 is 9.47 Å². The number of fused-ring (bicyclic) bond motifs is 3. The summed E-state index contributed by atoms with van der Waals surface area (Å²) >= 11 is 0. The molecule has 3 heterocycles. The van der Waals surface area contributed by atoms with Gasteiger partial charge in [0.15, 0.2) is 0 Å². The average Bonchev–Trinajstić information content (AvgIpc) is 3.67. The fourth-order valence-electron chi connectivity index (χ4n) is 6.08. The maximum atomic E-state index is 15.7. The molecule has 7 nitrogen and oxygen atoms in total. The van der Waals surface area contributed by atoms with Crippen LogP contribution in [0.25, 0.3) is 32.8 Å². The van der Waals surface area contributed by atoms with Crippen molar-refractivity contribution in [2.24, 2.45) is 0 Å². The molecule has 1 aliphatic heterocycles. The van der Waals surface area contributed by atoms with Gasteiger partial charge in [-0.15, -0.1) is 0 Å². The fraction of sp³-hybridized carbons (Fsp3) is 0.371. The van der Waals surface area contributed by atoms with E-state index in [0.717, 1.165) is 41.0 Å². The third-order valence-electron chi connectivity index (χ3n) is 8.24. The minimum absolute atomic E-state index is 0.301. The number of ether oxygens (including phenoxy) is 3. The van der Waals surface area contributed by atoms with E-state index in [2.05, 4.69) is 17.0 Å². The lowest BCUT2D eigenvalue weighted by molar-refractivity contribution is -0.00598. The maximum Gasteiger partial charge on any atom is 0.355 e. The number of carbonyl (C=O) groups excluding carboxylic acids is 1. The van der Waals surface area contributed by atoms with E-state index < -0.39 is 17.4 Å². The second-order valence-electron chi connectivity index (χ2n) is 12.0. The maximum absolute atomic E-state index is 15.7. The third-order valence-corrected chi connectivity index (χ3v) is 8.24. The van der Waals surface area contributed by atoms with Gasteiger partial charge in [-0.25, -0.2) is 18.3 Å². The van der Waals surface area contributed by atoms with Crippen LogP contribution in [0.2, 0.25) is 0 Å². The molecule has 0 radical (unpaired) electrons. The number of esters is 1. The molecule has 5 aromatic rings. The van der Waals surface area contributed by atoms with E-state index in [1.54, 1.807) is 16.8 Å². The van der Waals surface area contributed by atoms with Crippen molar-refractivity contribution in [2.45, 2.75) is 71.9 Å². The van der Waals surface area contributed by atoms with E-state index in [9.17, 15) is 9.18 Å². The van der Waals surface area contributed by atoms with Gasteiger partial charge in [0.05, 0.1) is 29.9 Å². The van der Waals surface area contributed by atoms with Crippen LogP contribution >= 0.6 is 0 Å². The Morgan fingerprint density at radius 1 is 1.09 bits per heavy atom. The van der Waals surface area contributed by atoms with Crippen LogP contribution in [0.5, 0.6) is 11.6 Å². The van der Waals surface area contributed by atoms with Crippen LogP contribution in [-0.2, 0) is 17.7 Å². The first-order valence-electron chi connectivity index (χ1n) is 15.2. The second-order valence-corrected chi connectivity index (χ2v) is 12.0. The molecule has 2 aromatic heterocycles. The molecule has 1 N–H and O–H groups in total. The number of carbonyl (C=O) groups is 1. The lowest BCUT2D eigenvalue weighted by Gasteiger charge is -2.25. The van der Waals surface area contributed by atoms with Gasteiger partial charge in [-0.2, -0.15) is 5.10 Å². The number of nitrogens with zero attached hydrogens (tertiary/aromatic N) is 2. The minimum Gasteiger partial charge on any atom is -0.493 e. The summed E-state index contributed by atoms with van der Waals surface area (Å²) in [5, 5.41) is 6.87. The predicted molar refractivity (Wildman–Crippen MR) is 166 cm³/mol. The lowest BCUT2D eigenvalue weighted by atomic mass is 9.99. The Labute approximate surface area is 255 Å². The van der Waals surface area contributed by atoms with Gasteiger partial charge in [0, 0.05) is 16.3 Å². The van der Waals surface area contributed by atoms with Gasteiger partial charge in [0.1, 0.15) is 35.3 Å². The van der Waals surface area contributed by atoms with E-state index in [1.165, 1.54) is 18.2 Å². The number of aryl methyl sites for hydroxylation is 2. The number of aromatic nitrogens is 3. The SMILES string of the molecule is CCCCC(C)(C)OC(=O)c1[nH]c2c(-c3c(C)nn4c3OCC4)c(F)ccc2c1CCCOc1cccc2cc(F)ccc12. The smallest absolute Gasteiger partial charge is 0.355 e. The van der Waals surface area contributed by atoms with E-state index in [-0.39, 0.29) is 5.82 Å². The van der Waals surface area contributed by atoms with Crippen LogP contribution in [-0.4, -0.2) is 39.5 Å². The molecule has 0 saturated carbocycles. The van der Waals surface area contributed by atoms with Gasteiger partial charge in [-0.1, -0.05) is 25.5 Å². The van der Waals surface area contributed by atoms with Gasteiger partial charge in [0.25, 0.3) is 0 Å². The number of hydrogen-bond acceptors (Lipinski definition) is 5. The molecule has 230 valence electrons. The molecule has 1 aliphatic rings. The number of nitrogens with one attached hydrogen (secondary N) is 1. The largest absolute Gasteiger partial charge is 0.493 e. The minimum atomic E-state index is -0.663. The highest BCUT2D eigenvalue weighted by molar-refractivity contribution is 6.04. The van der Waals surface area contributed by atoms with Gasteiger partial charge >= 0.3 is 5.97 Å². The zero-order chi connectivity index (χ0) is 31.0. The molecular weight excluding hydrogens is 564 g/mol. The van der Waals surface area contributed by atoms with Gasteiger partial charge in [0.2, 0.25) is 5.88 Å². The molecule has 9 heteroatoms. The first kappa shape index (κ1) is 29.7. The number of benzene rings is 3. The monoisotopic (exact) mass is 601 g/mol. The molecule has 0 bridgehead atoms. The zero-order valence-corrected chi connectivity index (χ0v) is 25.6. The summed E-state index contributed by atoms with van der Waals surface area (Å²) in [4.78, 5) is 17.0. The van der Waals surface area contributed by atoms with E-state index in [4.69, 9.17) is 14.2 Å². The topological polar surface area (TPSA) is 78.4 Å². The number of aromatic amines is 1. The van der Waals surface area contributed by atoms with E-state index >= 15 is 4.39 Å². The molecule has 0 aliphatic carbocycles. The molecule has 0 saturated heterocycles. The van der Waals surface area contributed by atoms with Crippen LogP contribution in [0.1, 0.15) is 68.2 Å². The number of halogens is 2. The quantitative estimate of drug-likeness (QED) is 0.122. The molecule has 0 amide bonds. The average molecular weight is 602 g/mol. The second kappa shape index (κ2) is 11.9. The predicted octanol–water partition coefficient (Wildman–Crippen LogP) is 8.30. The Morgan fingerprint density at radius 2 is 1.91 bits per heavy atom. The summed E-state index contributed by atoms with van der Waals surface area (Å²) in [5.41, 5.74) is 2.44. The Bertz CT molecular complexity index is 1860. The molecule has 0 fully saturated rings. The first-order chi connectivity index (χ1) is 21.2. The number of rotatable bonds is 11. The molecule has 0 spiro atoms. The Kier molecular flexibility index (Phi) is 8.05. The molecule has 0 unspecified atom stereocenters. The van der Waals surface area contributed by atoms with Crippen molar-refractivity contribution in [2.75, 3.05) is 13.2 Å². The molecule has 0 atom stereocenters. The van der Waals surface area contributed by atoms with Crippen LogP contribution in [0.4, 0.5) is 8.78 Å². The molecule has 44 heavy (non-hydrogen) atoms. The lowest BCUT2D eigenvalue weighted by Crippen LogP contribution is -2.28. The first-order valence-corrected chi connectivity index (χ1v) is 15.2. The zero-order valence-electron chi connectivity index (χ0n) is 25.6. The van der Waals surface area contributed by atoms with Crippen molar-refractivity contribution in [3.05, 3.63) is 77.1 Å². The fourth-order valence-corrected chi connectivity index (χ4v) is 6.08. The summed E-state index contributed by atoms with van der Waals surface area (Å²) in [7, 11) is 0. The summed E-state index contributed by atoms with van der Waals surface area (Å²) in [6.45, 7) is 9.18. The van der Waals surface area contributed by atoms with Crippen LogP contribution in [0.3, 0.4) is 0 Å². The number of unbranched alkanes of at least 4 members (excludes halogenated alkanes) is 1.